The molecule has 1 aromatic heterocycles. The first-order valence-electron chi connectivity index (χ1n) is 8.73. The molecule has 140 valence electrons. The van der Waals surface area contributed by atoms with E-state index >= 15 is 0 Å². The Morgan fingerprint density at radius 1 is 1.00 bits per heavy atom. The van der Waals surface area contributed by atoms with E-state index in [1.807, 2.05) is 0 Å². The quantitative estimate of drug-likeness (QED) is 0.604. The fourth-order valence-corrected chi connectivity index (χ4v) is 3.35. The minimum absolute atomic E-state index is 0.355. The maximum Gasteiger partial charge on any atom is 0.416 e. The van der Waals surface area contributed by atoms with E-state index in [0.29, 0.717) is 16.9 Å². The van der Waals surface area contributed by atoms with E-state index in [0.717, 1.165) is 49.3 Å². The number of alkyl halides is 3. The van der Waals surface area contributed by atoms with E-state index in [4.69, 9.17) is 0 Å². The zero-order chi connectivity index (χ0) is 19.0. The zero-order valence-electron chi connectivity index (χ0n) is 14.4. The van der Waals surface area contributed by atoms with Gasteiger partial charge in [-0.1, -0.05) is 12.1 Å². The van der Waals surface area contributed by atoms with Crippen LogP contribution < -0.4 is 5.32 Å². The predicted molar refractivity (Wildman–Crippen MR) is 95.4 cm³/mol. The molecule has 3 nitrogen and oxygen atoms in total. The average molecular weight is 375 g/mol. The van der Waals surface area contributed by atoms with Crippen molar-refractivity contribution in [2.24, 2.45) is 0 Å². The van der Waals surface area contributed by atoms with Crippen LogP contribution in [0.25, 0.3) is 16.9 Å². The summed E-state index contributed by atoms with van der Waals surface area (Å²) in [6.45, 7) is 0.752. The van der Waals surface area contributed by atoms with Crippen molar-refractivity contribution in [2.75, 3.05) is 11.9 Å². The molecule has 0 bridgehead atoms. The number of benzene rings is 2. The molecule has 2 heterocycles. The Labute approximate surface area is 153 Å². The SMILES string of the molecule is Fc1cccc(-c2nn(-c3ccc(C(F)(F)F)cc3)c3c2CCCCN3)c1. The second kappa shape index (κ2) is 6.72. The molecule has 0 saturated carbocycles. The van der Waals surface area contributed by atoms with Crippen molar-refractivity contribution >= 4 is 5.82 Å². The Kier molecular flexibility index (Phi) is 4.37. The predicted octanol–water partition coefficient (Wildman–Crippen LogP) is 5.45. The molecule has 7 heteroatoms. The number of aromatic nitrogens is 2. The minimum atomic E-state index is -4.38. The molecule has 1 aliphatic rings. The summed E-state index contributed by atoms with van der Waals surface area (Å²) in [5.74, 6) is 0.401. The molecule has 1 N–H and O–H groups in total. The second-order valence-electron chi connectivity index (χ2n) is 6.53. The summed E-state index contributed by atoms with van der Waals surface area (Å²) in [5.41, 5.74) is 2.08. The molecular formula is C20H17F4N3. The number of fused-ring (bicyclic) bond motifs is 1. The Hall–Kier alpha value is -2.83. The summed E-state index contributed by atoms with van der Waals surface area (Å²) >= 11 is 0. The van der Waals surface area contributed by atoms with Gasteiger partial charge in [0.1, 0.15) is 11.6 Å². The molecule has 4 rings (SSSR count). The van der Waals surface area contributed by atoms with Crippen LogP contribution in [0, 0.1) is 5.82 Å². The molecular weight excluding hydrogens is 358 g/mol. The third-order valence-electron chi connectivity index (χ3n) is 4.67. The highest BCUT2D eigenvalue weighted by molar-refractivity contribution is 5.71. The highest BCUT2D eigenvalue weighted by Gasteiger charge is 2.30. The molecule has 3 aromatic rings. The van der Waals surface area contributed by atoms with Crippen molar-refractivity contribution in [3.8, 4) is 16.9 Å². The number of anilines is 1. The lowest BCUT2D eigenvalue weighted by Gasteiger charge is -2.11. The van der Waals surface area contributed by atoms with Crippen molar-refractivity contribution < 1.29 is 17.6 Å². The molecule has 0 atom stereocenters. The lowest BCUT2D eigenvalue weighted by Crippen LogP contribution is -2.08. The molecule has 0 aliphatic carbocycles. The summed E-state index contributed by atoms with van der Waals surface area (Å²) in [5, 5.41) is 7.94. The van der Waals surface area contributed by atoms with E-state index in [1.54, 1.807) is 16.8 Å². The Balaban J connectivity index is 1.84. The number of hydrogen-bond acceptors (Lipinski definition) is 2. The fraction of sp³-hybridized carbons (Fsp3) is 0.250. The van der Waals surface area contributed by atoms with Gasteiger partial charge in [0.25, 0.3) is 0 Å². The van der Waals surface area contributed by atoms with E-state index in [2.05, 4.69) is 10.4 Å². The third kappa shape index (κ3) is 3.41. The lowest BCUT2D eigenvalue weighted by molar-refractivity contribution is -0.137. The van der Waals surface area contributed by atoms with Gasteiger partial charge in [0, 0.05) is 17.7 Å². The van der Waals surface area contributed by atoms with Crippen LogP contribution in [0.15, 0.2) is 48.5 Å². The highest BCUT2D eigenvalue weighted by atomic mass is 19.4. The van der Waals surface area contributed by atoms with Gasteiger partial charge in [0.15, 0.2) is 0 Å². The van der Waals surface area contributed by atoms with E-state index in [9.17, 15) is 17.6 Å². The number of nitrogens with zero attached hydrogens (tertiary/aromatic N) is 2. The summed E-state index contributed by atoms with van der Waals surface area (Å²) in [7, 11) is 0. The minimum Gasteiger partial charge on any atom is -0.370 e. The maximum absolute atomic E-state index is 13.7. The van der Waals surface area contributed by atoms with E-state index in [1.165, 1.54) is 24.3 Å². The molecule has 0 radical (unpaired) electrons. The standard InChI is InChI=1S/C20H17F4N3/c21-15-5-3-4-13(12-15)18-17-6-1-2-11-25-19(17)27(26-18)16-9-7-14(8-10-16)20(22,23)24/h3-5,7-10,12,25H,1-2,6,11H2. The van der Waals surface area contributed by atoms with Crippen molar-refractivity contribution in [2.45, 2.75) is 25.4 Å². The number of rotatable bonds is 2. The van der Waals surface area contributed by atoms with Gasteiger partial charge in [0.05, 0.1) is 16.9 Å². The van der Waals surface area contributed by atoms with Gasteiger partial charge >= 0.3 is 6.18 Å². The summed E-state index contributed by atoms with van der Waals surface area (Å²) < 4.78 is 53.8. The van der Waals surface area contributed by atoms with Crippen molar-refractivity contribution in [1.82, 2.24) is 9.78 Å². The molecule has 0 amide bonds. The Morgan fingerprint density at radius 2 is 1.78 bits per heavy atom. The van der Waals surface area contributed by atoms with Crippen molar-refractivity contribution in [1.29, 1.82) is 0 Å². The van der Waals surface area contributed by atoms with Crippen molar-refractivity contribution in [3.63, 3.8) is 0 Å². The zero-order valence-corrected chi connectivity index (χ0v) is 14.4. The van der Waals surface area contributed by atoms with E-state index < -0.39 is 11.7 Å². The molecule has 0 unspecified atom stereocenters. The van der Waals surface area contributed by atoms with Crippen LogP contribution in [0.2, 0.25) is 0 Å². The molecule has 27 heavy (non-hydrogen) atoms. The molecule has 0 spiro atoms. The molecule has 0 saturated heterocycles. The van der Waals surface area contributed by atoms with Gasteiger partial charge in [-0.25, -0.2) is 9.07 Å². The van der Waals surface area contributed by atoms with Crippen LogP contribution >= 0.6 is 0 Å². The van der Waals surface area contributed by atoms with Crippen molar-refractivity contribution in [3.05, 3.63) is 65.5 Å². The maximum atomic E-state index is 13.7. The molecule has 1 aliphatic heterocycles. The van der Waals surface area contributed by atoms with Gasteiger partial charge in [-0.05, 0) is 55.7 Å². The van der Waals surface area contributed by atoms with Gasteiger partial charge in [-0.2, -0.15) is 18.3 Å². The highest BCUT2D eigenvalue weighted by Crippen LogP contribution is 2.35. The largest absolute Gasteiger partial charge is 0.416 e. The van der Waals surface area contributed by atoms with Gasteiger partial charge in [-0.3, -0.25) is 0 Å². The second-order valence-corrected chi connectivity index (χ2v) is 6.53. The first-order valence-corrected chi connectivity index (χ1v) is 8.73. The number of halogens is 4. The monoisotopic (exact) mass is 375 g/mol. The summed E-state index contributed by atoms with van der Waals surface area (Å²) in [6.07, 6.45) is -1.68. The smallest absolute Gasteiger partial charge is 0.370 e. The van der Waals surface area contributed by atoms with Crippen LogP contribution in [0.4, 0.5) is 23.4 Å². The number of nitrogens with one attached hydrogen (secondary N) is 1. The first-order chi connectivity index (χ1) is 12.9. The molecule has 0 fully saturated rings. The fourth-order valence-electron chi connectivity index (χ4n) is 3.35. The average Bonchev–Trinajstić information content (AvgIpc) is 2.82. The summed E-state index contributed by atoms with van der Waals surface area (Å²) in [4.78, 5) is 0. The van der Waals surface area contributed by atoms with Crippen LogP contribution in [-0.4, -0.2) is 16.3 Å². The topological polar surface area (TPSA) is 29.9 Å². The van der Waals surface area contributed by atoms with Crippen LogP contribution in [-0.2, 0) is 12.6 Å². The van der Waals surface area contributed by atoms with Gasteiger partial charge < -0.3 is 5.32 Å². The van der Waals surface area contributed by atoms with E-state index in [-0.39, 0.29) is 5.82 Å². The van der Waals surface area contributed by atoms with Crippen LogP contribution in [0.1, 0.15) is 24.0 Å². The van der Waals surface area contributed by atoms with Gasteiger partial charge in [-0.15, -0.1) is 0 Å². The lowest BCUT2D eigenvalue weighted by atomic mass is 10.0. The summed E-state index contributed by atoms with van der Waals surface area (Å²) in [6, 6.07) is 11.1. The van der Waals surface area contributed by atoms with Crippen LogP contribution in [0.3, 0.4) is 0 Å². The van der Waals surface area contributed by atoms with Gasteiger partial charge in [0.2, 0.25) is 0 Å². The normalized spacial score (nSPS) is 14.4. The number of hydrogen-bond donors (Lipinski definition) is 1. The Morgan fingerprint density at radius 3 is 2.48 bits per heavy atom. The Bertz CT molecular complexity index is 958. The van der Waals surface area contributed by atoms with Crippen LogP contribution in [0.5, 0.6) is 0 Å². The molecule has 2 aromatic carbocycles. The third-order valence-corrected chi connectivity index (χ3v) is 4.67. The first kappa shape index (κ1) is 17.6.